The summed E-state index contributed by atoms with van der Waals surface area (Å²) in [7, 11) is 24.4. The second-order valence-corrected chi connectivity index (χ2v) is 7.61. The highest BCUT2D eigenvalue weighted by Crippen LogP contribution is 1.96. The molecule has 0 atom stereocenters. The maximum Gasteiger partial charge on any atom is 0.0593 e. The fourth-order valence-corrected chi connectivity index (χ4v) is 3.84. The second-order valence-electron chi connectivity index (χ2n) is 7.61. The van der Waals surface area contributed by atoms with Gasteiger partial charge in [-0.2, -0.15) is 0 Å². The van der Waals surface area contributed by atoms with Crippen molar-refractivity contribution >= 4 is 128 Å². The van der Waals surface area contributed by atoms with E-state index in [4.69, 9.17) is 0 Å². The zero-order valence-corrected chi connectivity index (χ0v) is 14.5. The van der Waals surface area contributed by atoms with Crippen LogP contribution >= 0.6 is 0 Å². The summed E-state index contributed by atoms with van der Waals surface area (Å²) in [5.41, 5.74) is 0. The van der Waals surface area contributed by atoms with Crippen LogP contribution in [0.25, 0.3) is 0 Å². The van der Waals surface area contributed by atoms with Crippen molar-refractivity contribution in [1.29, 1.82) is 0 Å². The molecule has 0 spiro atoms. The van der Waals surface area contributed by atoms with Crippen molar-refractivity contribution in [3.05, 3.63) is 0 Å². The Morgan fingerprint density at radius 1 is 0.500 bits per heavy atom. The van der Waals surface area contributed by atoms with Gasteiger partial charge >= 0.3 is 0 Å². The van der Waals surface area contributed by atoms with Crippen LogP contribution in [0.5, 0.6) is 0 Å². The Kier molecular flexibility index (Phi) is 9.76. The van der Waals surface area contributed by atoms with Crippen molar-refractivity contribution in [1.82, 2.24) is 0 Å². The van der Waals surface area contributed by atoms with E-state index in [1.54, 1.807) is 0 Å². The molecule has 0 heterocycles. The molecule has 0 fully saturated rings. The van der Waals surface area contributed by atoms with Crippen LogP contribution in [0.15, 0.2) is 0 Å². The van der Waals surface area contributed by atoms with Crippen molar-refractivity contribution in [3.63, 3.8) is 0 Å². The molecule has 0 unspecified atom stereocenters. The van der Waals surface area contributed by atoms with Crippen LogP contribution in [-0.2, 0) is 0 Å². The second kappa shape index (κ2) is 9.17. The third kappa shape index (κ3) is 6.08. The summed E-state index contributed by atoms with van der Waals surface area (Å²) in [5.74, 6) is 0. The van der Waals surface area contributed by atoms with E-state index in [9.17, 15) is 0 Å². The first kappa shape index (κ1) is 19.2. The van der Waals surface area contributed by atoms with Gasteiger partial charge < -0.3 is 0 Å². The van der Waals surface area contributed by atoms with E-state index in [-0.39, 0.29) is 0 Å². The summed E-state index contributed by atoms with van der Waals surface area (Å²) in [4.78, 5) is 0. The Morgan fingerprint density at radius 3 is 1.06 bits per heavy atom. The fraction of sp³-hybridized carbons (Fsp3) is 0. The molecule has 0 saturated heterocycles. The maximum absolute atomic E-state index is 2.42. The Balaban J connectivity index is 4.89. The Bertz CT molecular complexity index is 192. The lowest BCUT2D eigenvalue weighted by Crippen LogP contribution is -2.71. The van der Waals surface area contributed by atoms with Gasteiger partial charge in [0.2, 0.25) is 0 Å². The molecule has 0 aliphatic carbocycles. The lowest BCUT2D eigenvalue weighted by Gasteiger charge is -2.31. The minimum absolute atomic E-state index is 0.816. The monoisotopic (exact) mass is 218 g/mol. The minimum Gasteiger partial charge on any atom is 0.00697 e. The summed E-state index contributed by atoms with van der Waals surface area (Å²) in [6.07, 6.45) is 5.94. The molecule has 0 aliphatic heterocycles. The van der Waals surface area contributed by atoms with Gasteiger partial charge in [0.15, 0.2) is 0 Å². The van der Waals surface area contributed by atoms with E-state index >= 15 is 0 Å². The minimum atomic E-state index is 0.816. The first-order valence-electron chi connectivity index (χ1n) is 8.22. The topological polar surface area (TPSA) is 0 Å². The molecule has 0 bridgehead atoms. The van der Waals surface area contributed by atoms with Gasteiger partial charge in [0.1, 0.15) is 0 Å². The zero-order valence-electron chi connectivity index (χ0n) is 14.5. The number of hydrogen-bond acceptors (Lipinski definition) is 0. The van der Waals surface area contributed by atoms with Crippen LogP contribution in [0.1, 0.15) is 0 Å². The Morgan fingerprint density at radius 2 is 0.833 bits per heavy atom. The Hall–Kier alpha value is 1.17. The van der Waals surface area contributed by atoms with Crippen LogP contribution in [0.4, 0.5) is 0 Å². The van der Waals surface area contributed by atoms with Crippen LogP contribution in [0.3, 0.4) is 0 Å². The highest BCUT2D eigenvalue weighted by Gasteiger charge is 2.36. The molecule has 74 valence electrons. The Labute approximate surface area is 128 Å². The smallest absolute Gasteiger partial charge is 0.00697 e. The van der Waals surface area contributed by atoms with Crippen LogP contribution in [-0.4, -0.2) is 128 Å². The van der Waals surface area contributed by atoms with Crippen molar-refractivity contribution in [2.24, 2.45) is 0 Å². The zero-order chi connectivity index (χ0) is 14.5. The van der Waals surface area contributed by atoms with Gasteiger partial charge in [-0.25, -0.2) is 0 Å². The van der Waals surface area contributed by atoms with Gasteiger partial charge in [0.25, 0.3) is 0 Å². The maximum atomic E-state index is 2.42. The summed E-state index contributed by atoms with van der Waals surface area (Å²) in [5, 5.41) is 0. The van der Waals surface area contributed by atoms with Crippen molar-refractivity contribution in [2.75, 3.05) is 0 Å². The molecule has 0 radical (unpaired) electrons. The largest absolute Gasteiger partial charge is 0.0593 e. The average molecular weight is 215 g/mol. The molecule has 0 aliphatic rings. The lowest BCUT2D eigenvalue weighted by molar-refractivity contribution is 3.42. The van der Waals surface area contributed by atoms with Gasteiger partial charge in [-0.3, -0.25) is 0 Å². The van der Waals surface area contributed by atoms with E-state index in [0.717, 1.165) is 44.7 Å². The van der Waals surface area contributed by atoms with Crippen LogP contribution in [0, 0.1) is 0 Å². The van der Waals surface area contributed by atoms with Gasteiger partial charge in [0.05, 0.1) is 69.6 Å². The summed E-state index contributed by atoms with van der Waals surface area (Å²) in [6, 6.07) is 0. The van der Waals surface area contributed by atoms with Crippen LogP contribution in [0.2, 0.25) is 0 Å². The molecule has 0 saturated carbocycles. The van der Waals surface area contributed by atoms with Gasteiger partial charge in [-0.05, 0) is 0 Å². The van der Waals surface area contributed by atoms with E-state index in [1.807, 2.05) is 0 Å². The van der Waals surface area contributed by atoms with Gasteiger partial charge in [-0.15, -0.1) is 0 Å². The summed E-state index contributed by atoms with van der Waals surface area (Å²) in [6.45, 7) is 0. The average Bonchev–Trinajstić information content (AvgIpc) is 2.21. The van der Waals surface area contributed by atoms with Crippen LogP contribution < -0.4 is 0 Å². The van der Waals surface area contributed by atoms with Gasteiger partial charge in [0, 0.05) is 58.8 Å². The molecular weight excluding hydrogens is 195 g/mol. The molecule has 0 nitrogen and oxygen atoms in total. The summed E-state index contributed by atoms with van der Waals surface area (Å²) < 4.78 is 0. The van der Waals surface area contributed by atoms with Crippen molar-refractivity contribution in [2.45, 2.75) is 0 Å². The number of hydrogen-bond donors (Lipinski definition) is 0. The third-order valence-electron chi connectivity index (χ3n) is 4.99. The normalized spacial score (nSPS) is 8.89. The molecule has 18 heavy (non-hydrogen) atoms. The highest BCUT2D eigenvalue weighted by atomic mass is 13.2. The van der Waals surface area contributed by atoms with E-state index in [1.165, 1.54) is 14.1 Å². The first-order valence-corrected chi connectivity index (χ1v) is 8.22. The molecule has 18 heteroatoms. The quantitative estimate of drug-likeness (QED) is 0.352. The van der Waals surface area contributed by atoms with E-state index in [2.05, 4.69) is 69.6 Å². The highest BCUT2D eigenvalue weighted by molar-refractivity contribution is 8.10. The lowest BCUT2D eigenvalue weighted by atomic mass is 8.48. The number of rotatable bonds is 8. The molecule has 0 rings (SSSR count). The van der Waals surface area contributed by atoms with E-state index in [0.29, 0.717) is 0 Å². The van der Waals surface area contributed by atoms with Crippen molar-refractivity contribution in [3.8, 4) is 0 Å². The predicted octanol–water partition coefficient (Wildman–Crippen LogP) is -12.2. The summed E-state index contributed by atoms with van der Waals surface area (Å²) >= 11 is 0. The van der Waals surface area contributed by atoms with Gasteiger partial charge in [-0.1, -0.05) is 0 Å². The third-order valence-corrected chi connectivity index (χ3v) is 4.99. The predicted molar refractivity (Wildman–Crippen MR) is 131 cm³/mol. The first-order chi connectivity index (χ1) is 8.22. The molecule has 0 aromatic rings. The molecule has 0 N–H and O–H groups in total. The molecular formula is H20B18. The fourth-order valence-electron chi connectivity index (χ4n) is 3.84. The molecule has 0 aromatic carbocycles. The molecule has 0 amide bonds. The molecule has 0 aromatic heterocycles. The standard InChI is InChI=1S/B18H20/c1-10-16(12(2)3)18(15(8)9)11-17(13(4)5)14(6)7/h10-11H,1-9H2. The SMILES string of the molecule is BBB(B(B)B)B(BB(B(B)B)B(B)B)B(B)B. The van der Waals surface area contributed by atoms with E-state index < -0.39 is 0 Å². The van der Waals surface area contributed by atoms with Crippen molar-refractivity contribution < 1.29 is 0 Å².